The van der Waals surface area contributed by atoms with Crippen molar-refractivity contribution < 1.29 is 5.11 Å². The molecule has 0 unspecified atom stereocenters. The van der Waals surface area contributed by atoms with Crippen molar-refractivity contribution in [2.24, 2.45) is 16.7 Å². The summed E-state index contributed by atoms with van der Waals surface area (Å²) in [5.74, 6) is 0.594. The van der Waals surface area contributed by atoms with Gasteiger partial charge in [0.2, 0.25) is 0 Å². The standard InChI is InChI=1S/C17H25NO/c1-16(2)13-9-10-17(16,3)15(19)14(13)18-11-12-7-5-4-6-8-12/h4-8,13-15,18-19H,9-11H2,1-3H3/t13-,14-,15-,17+/m1/s1. The van der Waals surface area contributed by atoms with E-state index >= 15 is 0 Å². The number of rotatable bonds is 3. The fraction of sp³-hybridized carbons (Fsp3) is 0.647. The Labute approximate surface area is 116 Å². The highest BCUT2D eigenvalue weighted by atomic mass is 16.3. The summed E-state index contributed by atoms with van der Waals surface area (Å²) < 4.78 is 0. The lowest BCUT2D eigenvalue weighted by Gasteiger charge is -2.37. The Balaban J connectivity index is 1.74. The predicted octanol–water partition coefficient (Wildman–Crippen LogP) is 2.96. The van der Waals surface area contributed by atoms with Gasteiger partial charge in [-0.15, -0.1) is 0 Å². The van der Waals surface area contributed by atoms with E-state index < -0.39 is 0 Å². The Morgan fingerprint density at radius 3 is 2.47 bits per heavy atom. The van der Waals surface area contributed by atoms with Crippen molar-refractivity contribution in [2.45, 2.75) is 52.3 Å². The summed E-state index contributed by atoms with van der Waals surface area (Å²) in [6.07, 6.45) is 2.19. The average Bonchev–Trinajstić information content (AvgIpc) is 2.70. The second kappa shape index (κ2) is 4.32. The van der Waals surface area contributed by atoms with Gasteiger partial charge in [-0.05, 0) is 29.7 Å². The van der Waals surface area contributed by atoms with E-state index in [0.717, 1.165) is 13.0 Å². The molecule has 2 bridgehead atoms. The third kappa shape index (κ3) is 1.77. The Kier molecular flexibility index (Phi) is 2.99. The molecule has 1 aromatic carbocycles. The molecule has 2 nitrogen and oxygen atoms in total. The summed E-state index contributed by atoms with van der Waals surface area (Å²) in [6, 6.07) is 10.7. The highest BCUT2D eigenvalue weighted by Gasteiger charge is 2.65. The molecule has 104 valence electrons. The van der Waals surface area contributed by atoms with Gasteiger partial charge in [0.05, 0.1) is 6.10 Å². The first kappa shape index (κ1) is 13.1. The first-order valence-corrected chi connectivity index (χ1v) is 7.42. The van der Waals surface area contributed by atoms with Gasteiger partial charge in [0.1, 0.15) is 0 Å². The van der Waals surface area contributed by atoms with Gasteiger partial charge in [0.25, 0.3) is 0 Å². The maximum absolute atomic E-state index is 10.7. The van der Waals surface area contributed by atoms with Gasteiger partial charge in [-0.1, -0.05) is 51.1 Å². The number of fused-ring (bicyclic) bond motifs is 2. The van der Waals surface area contributed by atoms with Crippen molar-refractivity contribution in [3.8, 4) is 0 Å². The number of aliphatic hydroxyl groups is 1. The van der Waals surface area contributed by atoms with E-state index in [0.29, 0.717) is 5.92 Å². The summed E-state index contributed by atoms with van der Waals surface area (Å²) in [5.41, 5.74) is 1.60. The van der Waals surface area contributed by atoms with Gasteiger partial charge in [0.15, 0.2) is 0 Å². The maximum Gasteiger partial charge on any atom is 0.0754 e. The zero-order valence-corrected chi connectivity index (χ0v) is 12.2. The molecule has 0 spiro atoms. The molecule has 4 atom stereocenters. The molecule has 2 aliphatic rings. The maximum atomic E-state index is 10.7. The third-order valence-electron chi connectivity index (χ3n) is 6.18. The Bertz CT molecular complexity index is 456. The minimum absolute atomic E-state index is 0.0754. The summed E-state index contributed by atoms with van der Waals surface area (Å²) in [5, 5.41) is 14.3. The molecule has 0 aliphatic heterocycles. The molecular weight excluding hydrogens is 234 g/mol. The van der Waals surface area contributed by atoms with Crippen LogP contribution >= 0.6 is 0 Å². The van der Waals surface area contributed by atoms with Crippen LogP contribution in [0.15, 0.2) is 30.3 Å². The van der Waals surface area contributed by atoms with Crippen LogP contribution in [0.1, 0.15) is 39.2 Å². The van der Waals surface area contributed by atoms with Crippen LogP contribution in [0.25, 0.3) is 0 Å². The first-order valence-electron chi connectivity index (χ1n) is 7.42. The van der Waals surface area contributed by atoms with E-state index in [9.17, 15) is 5.11 Å². The smallest absolute Gasteiger partial charge is 0.0754 e. The lowest BCUT2D eigenvalue weighted by molar-refractivity contribution is -0.000176. The molecule has 2 saturated carbocycles. The number of hydrogen-bond acceptors (Lipinski definition) is 2. The summed E-state index contributed by atoms with van der Waals surface area (Å²) in [7, 11) is 0. The zero-order chi connectivity index (χ0) is 13.7. The SMILES string of the molecule is CC1(C)[C@@H]2CC[C@@]1(C)[C@H](O)[C@@H]2NCc1ccccc1. The monoisotopic (exact) mass is 259 g/mol. The van der Waals surface area contributed by atoms with Crippen LogP contribution in [0.4, 0.5) is 0 Å². The molecule has 2 aliphatic carbocycles. The summed E-state index contributed by atoms with van der Waals surface area (Å²) in [6.45, 7) is 7.78. The van der Waals surface area contributed by atoms with Gasteiger partial charge in [-0.25, -0.2) is 0 Å². The highest BCUT2D eigenvalue weighted by Crippen LogP contribution is 2.65. The quantitative estimate of drug-likeness (QED) is 0.874. The van der Waals surface area contributed by atoms with Gasteiger partial charge < -0.3 is 10.4 Å². The third-order valence-corrected chi connectivity index (χ3v) is 6.18. The Morgan fingerprint density at radius 2 is 1.89 bits per heavy atom. The highest BCUT2D eigenvalue weighted by molar-refractivity contribution is 5.19. The van der Waals surface area contributed by atoms with Crippen molar-refractivity contribution in [1.82, 2.24) is 5.32 Å². The molecule has 19 heavy (non-hydrogen) atoms. The molecule has 0 heterocycles. The second-order valence-corrected chi connectivity index (χ2v) is 7.12. The number of benzene rings is 1. The number of nitrogens with one attached hydrogen (secondary N) is 1. The van der Waals surface area contributed by atoms with Crippen molar-refractivity contribution in [3.05, 3.63) is 35.9 Å². The molecule has 2 fully saturated rings. The number of aliphatic hydroxyl groups excluding tert-OH is 1. The van der Waals surface area contributed by atoms with E-state index in [2.05, 4.69) is 50.4 Å². The van der Waals surface area contributed by atoms with Crippen LogP contribution in [0, 0.1) is 16.7 Å². The first-order chi connectivity index (χ1) is 8.97. The van der Waals surface area contributed by atoms with Crippen LogP contribution in [0.5, 0.6) is 0 Å². The van der Waals surface area contributed by atoms with E-state index in [1.807, 2.05) is 6.07 Å². The Morgan fingerprint density at radius 1 is 1.21 bits per heavy atom. The summed E-state index contributed by atoms with van der Waals surface area (Å²) in [4.78, 5) is 0. The van der Waals surface area contributed by atoms with Crippen LogP contribution in [0.2, 0.25) is 0 Å². The zero-order valence-electron chi connectivity index (χ0n) is 12.2. The largest absolute Gasteiger partial charge is 0.391 e. The van der Waals surface area contributed by atoms with Crippen molar-refractivity contribution >= 4 is 0 Å². The fourth-order valence-corrected chi connectivity index (χ4v) is 4.42. The normalized spacial score (nSPS) is 39.7. The fourth-order valence-electron chi connectivity index (χ4n) is 4.42. The van der Waals surface area contributed by atoms with Gasteiger partial charge in [-0.3, -0.25) is 0 Å². The van der Waals surface area contributed by atoms with Crippen LogP contribution in [-0.4, -0.2) is 17.3 Å². The lowest BCUT2D eigenvalue weighted by Crippen LogP contribution is -2.46. The molecule has 0 radical (unpaired) electrons. The van der Waals surface area contributed by atoms with E-state index in [1.54, 1.807) is 0 Å². The van der Waals surface area contributed by atoms with Crippen molar-refractivity contribution in [2.75, 3.05) is 0 Å². The topological polar surface area (TPSA) is 32.3 Å². The molecule has 2 N–H and O–H groups in total. The second-order valence-electron chi connectivity index (χ2n) is 7.12. The minimum Gasteiger partial charge on any atom is -0.391 e. The molecule has 0 saturated heterocycles. The van der Waals surface area contributed by atoms with E-state index in [1.165, 1.54) is 12.0 Å². The molecular formula is C17H25NO. The number of hydrogen-bond donors (Lipinski definition) is 2. The summed E-state index contributed by atoms with van der Waals surface area (Å²) >= 11 is 0. The molecule has 0 aromatic heterocycles. The van der Waals surface area contributed by atoms with Crippen LogP contribution in [0.3, 0.4) is 0 Å². The molecule has 3 rings (SSSR count). The van der Waals surface area contributed by atoms with Crippen molar-refractivity contribution in [1.29, 1.82) is 0 Å². The lowest BCUT2D eigenvalue weighted by atomic mass is 9.70. The van der Waals surface area contributed by atoms with Crippen LogP contribution < -0.4 is 5.32 Å². The van der Waals surface area contributed by atoms with E-state index in [-0.39, 0.29) is 23.0 Å². The van der Waals surface area contributed by atoms with Crippen LogP contribution in [-0.2, 0) is 6.54 Å². The minimum atomic E-state index is -0.218. The molecule has 0 amide bonds. The van der Waals surface area contributed by atoms with Gasteiger partial charge in [0, 0.05) is 18.0 Å². The van der Waals surface area contributed by atoms with Gasteiger partial charge >= 0.3 is 0 Å². The van der Waals surface area contributed by atoms with E-state index in [4.69, 9.17) is 0 Å². The predicted molar refractivity (Wildman–Crippen MR) is 77.7 cm³/mol. The van der Waals surface area contributed by atoms with Gasteiger partial charge in [-0.2, -0.15) is 0 Å². The molecule has 2 heteroatoms. The average molecular weight is 259 g/mol. The Hall–Kier alpha value is -0.860. The van der Waals surface area contributed by atoms with Crippen molar-refractivity contribution in [3.63, 3.8) is 0 Å². The molecule has 1 aromatic rings.